The fraction of sp³-hybridized carbons (Fsp3) is 0.0526. The standard InChI is InChI=1S/C19H12Cl2FN3S/c20-14-4-1-12(2-5-14)17-10-18-19(23-7-8-25(18)24-17)26-11-13-3-6-15(22)9-16(13)21/h1-10H,11H2. The normalized spacial score (nSPS) is 11.2. The number of fused-ring (bicyclic) bond motifs is 1. The first kappa shape index (κ1) is 17.3. The van der Waals surface area contributed by atoms with Gasteiger partial charge < -0.3 is 0 Å². The minimum absolute atomic E-state index is 0.340. The summed E-state index contributed by atoms with van der Waals surface area (Å²) in [5.74, 6) is 0.250. The third-order valence-corrected chi connectivity index (χ3v) is 5.52. The van der Waals surface area contributed by atoms with Gasteiger partial charge in [0.25, 0.3) is 0 Å². The first-order valence-corrected chi connectivity index (χ1v) is 9.51. The molecule has 26 heavy (non-hydrogen) atoms. The van der Waals surface area contributed by atoms with E-state index in [9.17, 15) is 4.39 Å². The zero-order valence-corrected chi connectivity index (χ0v) is 15.7. The zero-order chi connectivity index (χ0) is 18.1. The van der Waals surface area contributed by atoms with Gasteiger partial charge in [-0.2, -0.15) is 5.10 Å². The molecule has 4 rings (SSSR count). The molecule has 3 nitrogen and oxygen atoms in total. The number of aromatic nitrogens is 3. The monoisotopic (exact) mass is 403 g/mol. The molecule has 0 bridgehead atoms. The Morgan fingerprint density at radius 2 is 1.85 bits per heavy atom. The summed E-state index contributed by atoms with van der Waals surface area (Å²) in [6.07, 6.45) is 3.52. The first-order valence-electron chi connectivity index (χ1n) is 7.77. The maximum absolute atomic E-state index is 13.2. The molecular weight excluding hydrogens is 392 g/mol. The number of thioether (sulfide) groups is 1. The van der Waals surface area contributed by atoms with Crippen molar-refractivity contribution in [3.63, 3.8) is 0 Å². The Balaban J connectivity index is 1.64. The van der Waals surface area contributed by atoms with Gasteiger partial charge in [0, 0.05) is 33.8 Å². The maximum Gasteiger partial charge on any atom is 0.124 e. The molecule has 0 amide bonds. The zero-order valence-electron chi connectivity index (χ0n) is 13.4. The van der Waals surface area contributed by atoms with Crippen LogP contribution in [-0.2, 0) is 5.75 Å². The number of nitrogens with zero attached hydrogens (tertiary/aromatic N) is 3. The van der Waals surface area contributed by atoms with Crippen molar-refractivity contribution in [1.29, 1.82) is 0 Å². The van der Waals surface area contributed by atoms with Crippen molar-refractivity contribution in [1.82, 2.24) is 14.6 Å². The van der Waals surface area contributed by atoms with E-state index in [1.165, 1.54) is 23.9 Å². The lowest BCUT2D eigenvalue weighted by atomic mass is 10.1. The van der Waals surface area contributed by atoms with E-state index < -0.39 is 0 Å². The number of rotatable bonds is 4. The van der Waals surface area contributed by atoms with Crippen molar-refractivity contribution in [2.75, 3.05) is 0 Å². The Kier molecular flexibility index (Phi) is 4.85. The maximum atomic E-state index is 13.2. The fourth-order valence-electron chi connectivity index (χ4n) is 2.56. The SMILES string of the molecule is Fc1ccc(CSc2nccn3nc(-c4ccc(Cl)cc4)cc23)c(Cl)c1. The van der Waals surface area contributed by atoms with E-state index in [2.05, 4.69) is 10.1 Å². The summed E-state index contributed by atoms with van der Waals surface area (Å²) >= 11 is 13.6. The van der Waals surface area contributed by atoms with E-state index in [1.54, 1.807) is 16.8 Å². The number of hydrogen-bond donors (Lipinski definition) is 0. The van der Waals surface area contributed by atoms with E-state index in [0.29, 0.717) is 15.8 Å². The van der Waals surface area contributed by atoms with Crippen LogP contribution in [-0.4, -0.2) is 14.6 Å². The summed E-state index contributed by atoms with van der Waals surface area (Å²) in [7, 11) is 0. The molecule has 0 aliphatic carbocycles. The van der Waals surface area contributed by atoms with Gasteiger partial charge in [0.05, 0.1) is 11.2 Å². The van der Waals surface area contributed by atoms with Gasteiger partial charge in [-0.25, -0.2) is 13.9 Å². The van der Waals surface area contributed by atoms with Crippen molar-refractivity contribution >= 4 is 40.5 Å². The molecule has 0 saturated carbocycles. The van der Waals surface area contributed by atoms with Crippen molar-refractivity contribution in [2.24, 2.45) is 0 Å². The molecule has 7 heteroatoms. The predicted octanol–water partition coefficient (Wildman–Crippen LogP) is 6.13. The van der Waals surface area contributed by atoms with Gasteiger partial charge in [-0.3, -0.25) is 0 Å². The highest BCUT2D eigenvalue weighted by molar-refractivity contribution is 7.98. The van der Waals surface area contributed by atoms with Crippen LogP contribution in [0.2, 0.25) is 10.0 Å². The van der Waals surface area contributed by atoms with Crippen LogP contribution in [0.15, 0.2) is 66.0 Å². The smallest absolute Gasteiger partial charge is 0.124 e. The van der Waals surface area contributed by atoms with Crippen LogP contribution in [0.1, 0.15) is 5.56 Å². The molecular formula is C19H12Cl2FN3S. The topological polar surface area (TPSA) is 30.2 Å². The lowest BCUT2D eigenvalue weighted by molar-refractivity contribution is 0.627. The lowest BCUT2D eigenvalue weighted by Crippen LogP contribution is -1.92. The van der Waals surface area contributed by atoms with E-state index in [0.717, 1.165) is 27.4 Å². The Bertz CT molecular complexity index is 1080. The van der Waals surface area contributed by atoms with E-state index in [1.807, 2.05) is 36.5 Å². The Morgan fingerprint density at radius 1 is 1.04 bits per heavy atom. The number of benzene rings is 2. The summed E-state index contributed by atoms with van der Waals surface area (Å²) < 4.78 is 15.0. The van der Waals surface area contributed by atoms with Crippen LogP contribution in [0.5, 0.6) is 0 Å². The fourth-order valence-corrected chi connectivity index (χ4v) is 3.97. The van der Waals surface area contributed by atoms with Crippen LogP contribution < -0.4 is 0 Å². The molecule has 130 valence electrons. The minimum Gasteiger partial charge on any atom is -0.246 e. The first-order chi connectivity index (χ1) is 12.6. The van der Waals surface area contributed by atoms with Gasteiger partial charge in [-0.1, -0.05) is 53.2 Å². The summed E-state index contributed by atoms with van der Waals surface area (Å²) in [6.45, 7) is 0. The quantitative estimate of drug-likeness (QED) is 0.383. The lowest BCUT2D eigenvalue weighted by Gasteiger charge is -2.05. The Labute approximate surface area is 163 Å². The van der Waals surface area contributed by atoms with Crippen molar-refractivity contribution in [3.05, 3.63) is 82.4 Å². The van der Waals surface area contributed by atoms with Crippen LogP contribution in [0.3, 0.4) is 0 Å². The van der Waals surface area contributed by atoms with Gasteiger partial charge in [0.1, 0.15) is 10.8 Å². The van der Waals surface area contributed by atoms with E-state index >= 15 is 0 Å². The summed E-state index contributed by atoms with van der Waals surface area (Å²) in [4.78, 5) is 4.45. The molecule has 0 atom stereocenters. The van der Waals surface area contributed by atoms with Crippen LogP contribution in [0.4, 0.5) is 4.39 Å². The second-order valence-corrected chi connectivity index (χ2v) is 7.43. The minimum atomic E-state index is -0.340. The highest BCUT2D eigenvalue weighted by Gasteiger charge is 2.11. The van der Waals surface area contributed by atoms with Gasteiger partial charge in [-0.15, -0.1) is 0 Å². The summed E-state index contributed by atoms with van der Waals surface area (Å²) in [6, 6.07) is 14.0. The van der Waals surface area contributed by atoms with Crippen LogP contribution in [0, 0.1) is 5.82 Å². The Hall–Kier alpha value is -2.08. The van der Waals surface area contributed by atoms with Gasteiger partial charge in [0.2, 0.25) is 0 Å². The molecule has 0 saturated heterocycles. The molecule has 0 radical (unpaired) electrons. The molecule has 0 aliphatic rings. The molecule has 2 heterocycles. The van der Waals surface area contributed by atoms with Crippen molar-refractivity contribution in [3.8, 4) is 11.3 Å². The van der Waals surface area contributed by atoms with Crippen LogP contribution in [0.25, 0.3) is 16.8 Å². The van der Waals surface area contributed by atoms with E-state index in [4.69, 9.17) is 23.2 Å². The highest BCUT2D eigenvalue weighted by Crippen LogP contribution is 2.30. The molecule has 2 aromatic carbocycles. The molecule has 0 spiro atoms. The number of hydrogen-bond acceptors (Lipinski definition) is 3. The third-order valence-electron chi connectivity index (χ3n) is 3.87. The second kappa shape index (κ2) is 7.27. The molecule has 0 aliphatic heterocycles. The average molecular weight is 404 g/mol. The van der Waals surface area contributed by atoms with Gasteiger partial charge in [0.15, 0.2) is 0 Å². The van der Waals surface area contributed by atoms with E-state index in [-0.39, 0.29) is 5.82 Å². The van der Waals surface area contributed by atoms with Crippen molar-refractivity contribution < 1.29 is 4.39 Å². The predicted molar refractivity (Wildman–Crippen MR) is 104 cm³/mol. The number of halogens is 3. The molecule has 2 aromatic heterocycles. The average Bonchev–Trinajstić information content (AvgIpc) is 3.06. The summed E-state index contributed by atoms with van der Waals surface area (Å²) in [5, 5.41) is 6.54. The molecule has 0 N–H and O–H groups in total. The van der Waals surface area contributed by atoms with Crippen LogP contribution >= 0.6 is 35.0 Å². The molecule has 4 aromatic rings. The third kappa shape index (κ3) is 3.56. The largest absolute Gasteiger partial charge is 0.246 e. The highest BCUT2D eigenvalue weighted by atomic mass is 35.5. The van der Waals surface area contributed by atoms with Gasteiger partial charge >= 0.3 is 0 Å². The van der Waals surface area contributed by atoms with Gasteiger partial charge in [-0.05, 0) is 35.9 Å². The second-order valence-electron chi connectivity index (χ2n) is 5.62. The van der Waals surface area contributed by atoms with Crippen molar-refractivity contribution in [2.45, 2.75) is 10.8 Å². The summed E-state index contributed by atoms with van der Waals surface area (Å²) in [5.41, 5.74) is 3.59. The Morgan fingerprint density at radius 3 is 2.62 bits per heavy atom. The molecule has 0 unspecified atom stereocenters. The molecule has 0 fully saturated rings.